The van der Waals surface area contributed by atoms with Gasteiger partial charge in [-0.3, -0.25) is 19.3 Å². The average Bonchev–Trinajstić information content (AvgIpc) is 3.22. The van der Waals surface area contributed by atoms with E-state index in [2.05, 4.69) is 5.32 Å². The second-order valence-electron chi connectivity index (χ2n) is 8.66. The third kappa shape index (κ3) is 5.07. The van der Waals surface area contributed by atoms with E-state index in [-0.39, 0.29) is 56.8 Å². The summed E-state index contributed by atoms with van der Waals surface area (Å²) in [6.07, 6.45) is 0.326. The van der Waals surface area contributed by atoms with Crippen LogP contribution >= 0.6 is 0 Å². The van der Waals surface area contributed by atoms with Crippen LogP contribution < -0.4 is 5.32 Å². The minimum Gasteiger partial charge on any atom is -0.383 e. The maximum absolute atomic E-state index is 14.2. The van der Waals surface area contributed by atoms with Gasteiger partial charge in [-0.25, -0.2) is 13.2 Å². The summed E-state index contributed by atoms with van der Waals surface area (Å²) >= 11 is 0. The molecular weight excluding hydrogens is 479 g/mol. The molecule has 2 aromatic carbocycles. The summed E-state index contributed by atoms with van der Waals surface area (Å²) in [5.41, 5.74) is -1.26. The standard InChI is InChI=1S/C25H26F3N3O5/c1-35-13-10-29-22(32)21-15-36-25(31(21)23(33)16-2-4-17(26)5-3-16)8-11-30(12-9-25)24(34)19-7-6-18(27)14-20(19)28/h2-7,14,21H,8-13,15H2,1H3,(H,29,32)/t21-/m0/s1. The van der Waals surface area contributed by atoms with Crippen LogP contribution in [0.3, 0.4) is 0 Å². The van der Waals surface area contributed by atoms with E-state index in [0.29, 0.717) is 6.07 Å². The maximum Gasteiger partial charge on any atom is 0.256 e. The van der Waals surface area contributed by atoms with E-state index in [0.717, 1.165) is 24.3 Å². The van der Waals surface area contributed by atoms with Crippen LogP contribution in [0.2, 0.25) is 0 Å². The lowest BCUT2D eigenvalue weighted by molar-refractivity contribution is -0.128. The number of methoxy groups -OCH3 is 1. The van der Waals surface area contributed by atoms with Crippen molar-refractivity contribution in [3.05, 3.63) is 71.0 Å². The molecule has 1 spiro atoms. The molecule has 3 amide bonds. The molecule has 2 heterocycles. The highest BCUT2D eigenvalue weighted by molar-refractivity contribution is 5.98. The van der Waals surface area contributed by atoms with Crippen LogP contribution in [0.25, 0.3) is 0 Å². The van der Waals surface area contributed by atoms with Crippen molar-refractivity contribution in [2.24, 2.45) is 0 Å². The summed E-state index contributed by atoms with van der Waals surface area (Å²) in [6, 6.07) is 6.78. The second kappa shape index (κ2) is 10.7. The van der Waals surface area contributed by atoms with Crippen molar-refractivity contribution < 1.29 is 37.0 Å². The molecule has 0 saturated carbocycles. The lowest BCUT2D eigenvalue weighted by Crippen LogP contribution is -2.60. The number of halogens is 3. The van der Waals surface area contributed by atoms with E-state index in [1.54, 1.807) is 0 Å². The zero-order chi connectivity index (χ0) is 25.9. The molecule has 192 valence electrons. The van der Waals surface area contributed by atoms with Gasteiger partial charge in [0.05, 0.1) is 18.8 Å². The summed E-state index contributed by atoms with van der Waals surface area (Å²) in [4.78, 5) is 42.1. The topological polar surface area (TPSA) is 88.2 Å². The van der Waals surface area contributed by atoms with Gasteiger partial charge in [0.25, 0.3) is 11.8 Å². The molecule has 2 aliphatic rings. The highest BCUT2D eigenvalue weighted by Gasteiger charge is 2.54. The summed E-state index contributed by atoms with van der Waals surface area (Å²) < 4.78 is 51.9. The quantitative estimate of drug-likeness (QED) is 0.609. The molecule has 0 unspecified atom stereocenters. The minimum absolute atomic E-state index is 0.0632. The first-order valence-corrected chi connectivity index (χ1v) is 11.5. The first-order chi connectivity index (χ1) is 17.3. The Labute approximate surface area is 205 Å². The Balaban J connectivity index is 1.55. The van der Waals surface area contributed by atoms with Crippen LogP contribution in [0.5, 0.6) is 0 Å². The fourth-order valence-corrected chi connectivity index (χ4v) is 4.59. The zero-order valence-corrected chi connectivity index (χ0v) is 19.6. The lowest BCUT2D eigenvalue weighted by atomic mass is 9.96. The van der Waals surface area contributed by atoms with Gasteiger partial charge in [0.2, 0.25) is 5.91 Å². The van der Waals surface area contributed by atoms with Crippen molar-refractivity contribution in [2.45, 2.75) is 24.6 Å². The summed E-state index contributed by atoms with van der Waals surface area (Å²) in [6.45, 7) is 0.685. The third-order valence-corrected chi connectivity index (χ3v) is 6.47. The van der Waals surface area contributed by atoms with Gasteiger partial charge in [-0.05, 0) is 36.4 Å². The van der Waals surface area contributed by atoms with Gasteiger partial charge in [-0.1, -0.05) is 0 Å². The molecule has 11 heteroatoms. The molecule has 1 N–H and O–H groups in total. The second-order valence-corrected chi connectivity index (χ2v) is 8.66. The monoisotopic (exact) mass is 505 g/mol. The predicted molar refractivity (Wildman–Crippen MR) is 121 cm³/mol. The van der Waals surface area contributed by atoms with Crippen molar-refractivity contribution >= 4 is 17.7 Å². The first kappa shape index (κ1) is 25.6. The number of carbonyl (C=O) groups is 3. The number of carbonyl (C=O) groups excluding carboxylic acids is 3. The molecule has 4 rings (SSSR count). The van der Waals surface area contributed by atoms with Gasteiger partial charge in [0.1, 0.15) is 29.2 Å². The number of benzene rings is 2. The number of hydrogen-bond donors (Lipinski definition) is 1. The maximum atomic E-state index is 14.2. The van der Waals surface area contributed by atoms with E-state index in [4.69, 9.17) is 9.47 Å². The normalized spacial score (nSPS) is 18.9. The van der Waals surface area contributed by atoms with Crippen LogP contribution in [0.1, 0.15) is 33.6 Å². The number of likely N-dealkylation sites (tertiary alicyclic amines) is 1. The molecule has 2 aliphatic heterocycles. The van der Waals surface area contributed by atoms with E-state index < -0.39 is 46.9 Å². The fraction of sp³-hybridized carbons (Fsp3) is 0.400. The predicted octanol–water partition coefficient (Wildman–Crippen LogP) is 2.34. The summed E-state index contributed by atoms with van der Waals surface area (Å²) in [7, 11) is 1.50. The van der Waals surface area contributed by atoms with Crippen molar-refractivity contribution in [1.82, 2.24) is 15.1 Å². The first-order valence-electron chi connectivity index (χ1n) is 11.5. The van der Waals surface area contributed by atoms with Crippen molar-refractivity contribution in [3.63, 3.8) is 0 Å². The summed E-state index contributed by atoms with van der Waals surface area (Å²) in [5.74, 6) is -3.79. The molecule has 36 heavy (non-hydrogen) atoms. The SMILES string of the molecule is COCCNC(=O)[C@@H]1COC2(CCN(C(=O)c3ccc(F)cc3F)CC2)N1C(=O)c1ccc(F)cc1. The Morgan fingerprint density at radius 2 is 1.69 bits per heavy atom. The Morgan fingerprint density at radius 3 is 2.33 bits per heavy atom. The van der Waals surface area contributed by atoms with Crippen LogP contribution in [-0.4, -0.2) is 79.2 Å². The largest absolute Gasteiger partial charge is 0.383 e. The molecular formula is C25H26F3N3O5. The van der Waals surface area contributed by atoms with Crippen molar-refractivity contribution in [1.29, 1.82) is 0 Å². The lowest BCUT2D eigenvalue weighted by Gasteiger charge is -2.44. The number of nitrogens with zero attached hydrogens (tertiary/aromatic N) is 2. The molecule has 1 atom stereocenters. The zero-order valence-electron chi connectivity index (χ0n) is 19.6. The molecule has 0 aliphatic carbocycles. The van der Waals surface area contributed by atoms with Gasteiger partial charge < -0.3 is 19.7 Å². The van der Waals surface area contributed by atoms with E-state index in [9.17, 15) is 27.6 Å². The number of amides is 3. The van der Waals surface area contributed by atoms with Crippen LogP contribution in [0.15, 0.2) is 42.5 Å². The van der Waals surface area contributed by atoms with E-state index in [1.165, 1.54) is 29.0 Å². The Bertz CT molecular complexity index is 1140. The van der Waals surface area contributed by atoms with Crippen LogP contribution in [-0.2, 0) is 14.3 Å². The number of rotatable bonds is 6. The Kier molecular flexibility index (Phi) is 7.60. The number of piperidine rings is 1. The number of nitrogens with one attached hydrogen (secondary N) is 1. The highest BCUT2D eigenvalue weighted by Crippen LogP contribution is 2.39. The molecule has 0 bridgehead atoms. The molecule has 2 saturated heterocycles. The molecule has 2 fully saturated rings. The van der Waals surface area contributed by atoms with E-state index >= 15 is 0 Å². The molecule has 8 nitrogen and oxygen atoms in total. The smallest absolute Gasteiger partial charge is 0.256 e. The van der Waals surface area contributed by atoms with Gasteiger partial charge in [-0.15, -0.1) is 0 Å². The van der Waals surface area contributed by atoms with Crippen LogP contribution in [0.4, 0.5) is 13.2 Å². The third-order valence-electron chi connectivity index (χ3n) is 6.47. The van der Waals surface area contributed by atoms with Gasteiger partial charge in [-0.2, -0.15) is 0 Å². The Hall–Kier alpha value is -3.44. The summed E-state index contributed by atoms with van der Waals surface area (Å²) in [5, 5.41) is 2.72. The van der Waals surface area contributed by atoms with Gasteiger partial charge in [0.15, 0.2) is 0 Å². The number of ether oxygens (including phenoxy) is 2. The molecule has 2 aromatic rings. The molecule has 0 aromatic heterocycles. The van der Waals surface area contributed by atoms with Crippen molar-refractivity contribution in [2.75, 3.05) is 40.0 Å². The average molecular weight is 505 g/mol. The van der Waals surface area contributed by atoms with Gasteiger partial charge >= 0.3 is 0 Å². The van der Waals surface area contributed by atoms with Crippen molar-refractivity contribution in [3.8, 4) is 0 Å². The highest BCUT2D eigenvalue weighted by atomic mass is 19.1. The number of hydrogen-bond acceptors (Lipinski definition) is 5. The Morgan fingerprint density at radius 1 is 1.03 bits per heavy atom. The van der Waals surface area contributed by atoms with E-state index in [1.807, 2.05) is 0 Å². The van der Waals surface area contributed by atoms with Gasteiger partial charge in [0, 0.05) is 51.2 Å². The van der Waals surface area contributed by atoms with Crippen LogP contribution in [0, 0.1) is 17.5 Å². The molecule has 0 radical (unpaired) electrons. The fourth-order valence-electron chi connectivity index (χ4n) is 4.59. The minimum atomic E-state index is -1.19.